The van der Waals surface area contributed by atoms with Gasteiger partial charge in [-0.25, -0.2) is 18.2 Å². The van der Waals surface area contributed by atoms with Gasteiger partial charge in [-0.05, 0) is 24.7 Å². The Bertz CT molecular complexity index is 628. The van der Waals surface area contributed by atoms with Crippen molar-refractivity contribution in [1.29, 1.82) is 0 Å². The number of aromatic nitrogens is 1. The second kappa shape index (κ2) is 5.64. The second-order valence-electron chi connectivity index (χ2n) is 4.09. The Kier molecular flexibility index (Phi) is 4.24. The molecule has 1 unspecified atom stereocenters. The Morgan fingerprint density at radius 3 is 2.14 bits per heavy atom. The largest absolute Gasteiger partial charge is 0.443 e. The maximum absolute atomic E-state index is 13.2. The van der Waals surface area contributed by atoms with Crippen molar-refractivity contribution in [2.45, 2.75) is 12.2 Å². The Morgan fingerprint density at radius 2 is 1.71 bits per heavy atom. The summed E-state index contributed by atoms with van der Waals surface area (Å²) in [6, 6.07) is 0.530. The van der Waals surface area contributed by atoms with Crippen LogP contribution in [0.5, 0.6) is 0 Å². The molecule has 0 spiro atoms. The highest BCUT2D eigenvalue weighted by molar-refractivity contribution is 7.11. The van der Waals surface area contributed by atoms with E-state index in [9.17, 15) is 26.3 Å². The lowest BCUT2D eigenvalue weighted by atomic mass is 10.1. The number of benzene rings is 1. The Balaban J connectivity index is 2.43. The van der Waals surface area contributed by atoms with E-state index in [2.05, 4.69) is 10.3 Å². The smallest absolute Gasteiger partial charge is 0.309 e. The van der Waals surface area contributed by atoms with E-state index in [4.69, 9.17) is 0 Å². The van der Waals surface area contributed by atoms with Gasteiger partial charge < -0.3 is 5.32 Å². The van der Waals surface area contributed by atoms with Crippen LogP contribution >= 0.6 is 11.3 Å². The highest BCUT2D eigenvalue weighted by atomic mass is 32.1. The van der Waals surface area contributed by atoms with Gasteiger partial charge in [0.15, 0.2) is 22.5 Å². The molecule has 0 fully saturated rings. The van der Waals surface area contributed by atoms with E-state index in [-0.39, 0.29) is 10.4 Å². The lowest BCUT2D eigenvalue weighted by molar-refractivity contribution is -0.137. The first-order chi connectivity index (χ1) is 9.74. The average molecular weight is 326 g/mol. The third-order valence-electron chi connectivity index (χ3n) is 2.68. The zero-order chi connectivity index (χ0) is 15.8. The van der Waals surface area contributed by atoms with Gasteiger partial charge in [-0.1, -0.05) is 0 Å². The van der Waals surface area contributed by atoms with Gasteiger partial charge in [-0.15, -0.1) is 11.3 Å². The molecule has 0 radical (unpaired) electrons. The molecule has 1 heterocycles. The van der Waals surface area contributed by atoms with Gasteiger partial charge in [0.2, 0.25) is 0 Å². The summed E-state index contributed by atoms with van der Waals surface area (Å²) in [5.41, 5.74) is -0.0359. The second-order valence-corrected chi connectivity index (χ2v) is 5.15. The summed E-state index contributed by atoms with van der Waals surface area (Å²) >= 11 is 0.346. The van der Waals surface area contributed by atoms with Crippen molar-refractivity contribution in [1.82, 2.24) is 10.3 Å². The molecule has 1 atom stereocenters. The van der Waals surface area contributed by atoms with Crippen LogP contribution < -0.4 is 5.32 Å². The van der Waals surface area contributed by atoms with Crippen molar-refractivity contribution in [2.75, 3.05) is 7.05 Å². The first-order valence-electron chi connectivity index (χ1n) is 5.58. The SMILES string of the molecule is CNC(c1cc(F)c(F)c(F)c1)c1cnc(C(F)(F)F)s1. The predicted octanol–water partition coefficient (Wildman–Crippen LogP) is 3.89. The van der Waals surface area contributed by atoms with Crippen molar-refractivity contribution in [2.24, 2.45) is 0 Å². The summed E-state index contributed by atoms with van der Waals surface area (Å²) in [7, 11) is 1.40. The normalized spacial score (nSPS) is 13.5. The van der Waals surface area contributed by atoms with Gasteiger partial charge >= 0.3 is 6.18 Å². The van der Waals surface area contributed by atoms with Crippen LogP contribution in [0.2, 0.25) is 0 Å². The van der Waals surface area contributed by atoms with Gasteiger partial charge in [0.05, 0.1) is 6.04 Å². The molecule has 2 aromatic rings. The standard InChI is InChI=1S/C12H8F6N2S/c1-19-10(5-2-6(13)9(15)7(14)3-5)8-4-20-11(21-8)12(16,17)18/h2-4,10,19H,1H3. The number of nitrogens with zero attached hydrogens (tertiary/aromatic N) is 1. The molecule has 21 heavy (non-hydrogen) atoms. The molecule has 1 aromatic carbocycles. The molecule has 1 N–H and O–H groups in total. The molecule has 0 saturated carbocycles. The molecule has 2 rings (SSSR count). The summed E-state index contributed by atoms with van der Waals surface area (Å²) in [6.45, 7) is 0. The summed E-state index contributed by atoms with van der Waals surface area (Å²) in [6.07, 6.45) is -3.63. The minimum Gasteiger partial charge on any atom is -0.309 e. The van der Waals surface area contributed by atoms with E-state index in [1.54, 1.807) is 0 Å². The fourth-order valence-electron chi connectivity index (χ4n) is 1.77. The van der Waals surface area contributed by atoms with Crippen molar-refractivity contribution in [3.8, 4) is 0 Å². The minimum atomic E-state index is -4.60. The molecule has 0 aliphatic carbocycles. The number of halogens is 6. The molecule has 1 aromatic heterocycles. The van der Waals surface area contributed by atoms with Crippen molar-refractivity contribution in [3.05, 3.63) is 51.2 Å². The van der Waals surface area contributed by atoms with Crippen LogP contribution in [0.3, 0.4) is 0 Å². The van der Waals surface area contributed by atoms with E-state index >= 15 is 0 Å². The monoisotopic (exact) mass is 326 g/mol. The van der Waals surface area contributed by atoms with Crippen LogP contribution in [-0.4, -0.2) is 12.0 Å². The fraction of sp³-hybridized carbons (Fsp3) is 0.250. The molecular formula is C12H8F6N2S. The predicted molar refractivity (Wildman–Crippen MR) is 64.3 cm³/mol. The zero-order valence-corrected chi connectivity index (χ0v) is 11.2. The molecule has 114 valence electrons. The van der Waals surface area contributed by atoms with Gasteiger partial charge in [0, 0.05) is 11.1 Å². The number of thiazole rings is 1. The summed E-state index contributed by atoms with van der Waals surface area (Å²) in [4.78, 5) is 3.34. The minimum absolute atomic E-state index is 0.0359. The molecule has 9 heteroatoms. The number of rotatable bonds is 3. The lowest BCUT2D eigenvalue weighted by Crippen LogP contribution is -2.17. The molecular weight excluding hydrogens is 318 g/mol. The van der Waals surface area contributed by atoms with E-state index in [1.165, 1.54) is 7.05 Å². The highest BCUT2D eigenvalue weighted by Gasteiger charge is 2.35. The Hall–Kier alpha value is -1.61. The van der Waals surface area contributed by atoms with E-state index < -0.39 is 34.7 Å². The van der Waals surface area contributed by atoms with Gasteiger partial charge in [-0.2, -0.15) is 13.2 Å². The Labute approximate surface area is 119 Å². The van der Waals surface area contributed by atoms with Crippen molar-refractivity contribution >= 4 is 11.3 Å². The van der Waals surface area contributed by atoms with Crippen LogP contribution in [0.15, 0.2) is 18.3 Å². The van der Waals surface area contributed by atoms with Crippen LogP contribution in [0.25, 0.3) is 0 Å². The fourth-order valence-corrected chi connectivity index (χ4v) is 2.69. The first-order valence-corrected chi connectivity index (χ1v) is 6.40. The number of alkyl halides is 3. The van der Waals surface area contributed by atoms with E-state index in [0.717, 1.165) is 18.3 Å². The molecule has 0 aliphatic rings. The number of hydrogen-bond donors (Lipinski definition) is 1. The van der Waals surface area contributed by atoms with Crippen LogP contribution in [0.1, 0.15) is 21.5 Å². The number of hydrogen-bond acceptors (Lipinski definition) is 3. The molecule has 0 bridgehead atoms. The van der Waals surface area contributed by atoms with Crippen molar-refractivity contribution in [3.63, 3.8) is 0 Å². The summed E-state index contributed by atoms with van der Waals surface area (Å²) in [5, 5.41) is 1.55. The van der Waals surface area contributed by atoms with Gasteiger partial charge in [0.25, 0.3) is 0 Å². The highest BCUT2D eigenvalue weighted by Crippen LogP contribution is 2.36. The molecule has 0 amide bonds. The topological polar surface area (TPSA) is 24.9 Å². The average Bonchev–Trinajstić information content (AvgIpc) is 2.86. The van der Waals surface area contributed by atoms with Crippen LogP contribution in [0, 0.1) is 17.5 Å². The summed E-state index contributed by atoms with van der Waals surface area (Å²) in [5.74, 6) is -4.45. The maximum atomic E-state index is 13.2. The molecule has 2 nitrogen and oxygen atoms in total. The van der Waals surface area contributed by atoms with Gasteiger partial charge in [0.1, 0.15) is 0 Å². The van der Waals surface area contributed by atoms with Crippen LogP contribution in [-0.2, 0) is 6.18 Å². The van der Waals surface area contributed by atoms with Crippen LogP contribution in [0.4, 0.5) is 26.3 Å². The summed E-state index contributed by atoms with van der Waals surface area (Å²) < 4.78 is 76.9. The first kappa shape index (κ1) is 15.8. The third kappa shape index (κ3) is 3.18. The Morgan fingerprint density at radius 1 is 1.14 bits per heavy atom. The molecule has 0 aliphatic heterocycles. The zero-order valence-electron chi connectivity index (χ0n) is 10.4. The van der Waals surface area contributed by atoms with E-state index in [1.807, 2.05) is 0 Å². The number of nitrogens with one attached hydrogen (secondary N) is 1. The van der Waals surface area contributed by atoms with Gasteiger partial charge in [-0.3, -0.25) is 0 Å². The van der Waals surface area contributed by atoms with E-state index in [0.29, 0.717) is 11.3 Å². The lowest BCUT2D eigenvalue weighted by Gasteiger charge is -2.15. The van der Waals surface area contributed by atoms with Crippen molar-refractivity contribution < 1.29 is 26.3 Å². The third-order valence-corrected chi connectivity index (χ3v) is 3.79. The molecule has 0 saturated heterocycles. The maximum Gasteiger partial charge on any atom is 0.443 e. The quantitative estimate of drug-likeness (QED) is 0.684.